The van der Waals surface area contributed by atoms with E-state index in [4.69, 9.17) is 30.6 Å². The summed E-state index contributed by atoms with van der Waals surface area (Å²) in [6.45, 7) is -0.336. The molecule has 0 radical (unpaired) electrons. The standard InChI is InChI=1S/C7H15NO3.C6H12O6/c1-8(2,3)5-6(9)4-7(10)11;7-1-3(9)5(11)6(12)4(10)2-8/h6,9H,4-5H2,1-3H3;1,3-6,8-12H,2H2/t6-;3-,4+,5+,6+/m10/s1. The number of aliphatic carboxylic acids is 1. The van der Waals surface area contributed by atoms with E-state index in [0.29, 0.717) is 11.0 Å². The van der Waals surface area contributed by atoms with E-state index in [1.54, 1.807) is 0 Å². The number of likely N-dealkylation sites (N-methyl/N-ethyl adjacent to an activating group) is 1. The lowest BCUT2D eigenvalue weighted by Crippen LogP contribution is -2.46. The van der Waals surface area contributed by atoms with Crippen molar-refractivity contribution >= 4 is 12.3 Å². The van der Waals surface area contributed by atoms with Gasteiger partial charge in [0.05, 0.1) is 27.7 Å². The minimum Gasteiger partial charge on any atom is -0.550 e. The Morgan fingerprint density at radius 2 is 1.57 bits per heavy atom. The van der Waals surface area contributed by atoms with Crippen LogP contribution in [-0.2, 0) is 9.59 Å². The van der Waals surface area contributed by atoms with Gasteiger partial charge in [-0.3, -0.25) is 0 Å². The molecule has 5 atom stereocenters. The van der Waals surface area contributed by atoms with Crippen molar-refractivity contribution in [2.45, 2.75) is 36.9 Å². The van der Waals surface area contributed by atoms with Crippen molar-refractivity contribution in [3.8, 4) is 0 Å². The summed E-state index contributed by atoms with van der Waals surface area (Å²) < 4.78 is 0.550. The van der Waals surface area contributed by atoms with E-state index < -0.39 is 43.1 Å². The fourth-order valence-corrected chi connectivity index (χ4v) is 1.51. The molecule has 0 rings (SSSR count). The second kappa shape index (κ2) is 11.4. The molecule has 0 aromatic heterocycles. The van der Waals surface area contributed by atoms with Gasteiger partial charge < -0.3 is 49.8 Å². The highest BCUT2D eigenvalue weighted by atomic mass is 16.4. The van der Waals surface area contributed by atoms with Crippen molar-refractivity contribution in [2.24, 2.45) is 0 Å². The minimum atomic E-state index is -1.79. The van der Waals surface area contributed by atoms with Gasteiger partial charge in [-0.1, -0.05) is 0 Å². The normalized spacial score (nSPS) is 18.0. The third-order valence-electron chi connectivity index (χ3n) is 2.58. The first kappa shape index (κ1) is 24.1. The predicted molar refractivity (Wildman–Crippen MR) is 75.7 cm³/mol. The number of aliphatic hydroxyl groups excluding tert-OH is 6. The SMILES string of the molecule is C[N+](C)(C)C[C@H](O)CC(=O)[O-].O=C[C@H](O)[C@@H](O)[C@H](O)[C@H](O)CO. The van der Waals surface area contributed by atoms with E-state index in [9.17, 15) is 14.7 Å². The number of carbonyl (C=O) groups excluding carboxylic acids is 2. The van der Waals surface area contributed by atoms with E-state index in [1.807, 2.05) is 21.1 Å². The van der Waals surface area contributed by atoms with E-state index in [1.165, 1.54) is 0 Å². The molecule has 0 bridgehead atoms. The Labute approximate surface area is 134 Å². The molecular formula is C13H27NO9. The van der Waals surface area contributed by atoms with Gasteiger partial charge in [0.1, 0.15) is 37.1 Å². The zero-order valence-electron chi connectivity index (χ0n) is 13.4. The molecule has 0 fully saturated rings. The average molecular weight is 341 g/mol. The summed E-state index contributed by atoms with van der Waals surface area (Å²) in [6.07, 6.45) is -7.93. The number of aldehydes is 1. The topological polar surface area (TPSA) is 179 Å². The molecule has 0 unspecified atom stereocenters. The zero-order valence-corrected chi connectivity index (χ0v) is 13.4. The number of nitrogens with zero attached hydrogens (tertiary/aromatic N) is 1. The summed E-state index contributed by atoms with van der Waals surface area (Å²) in [5.74, 6) is -1.20. The van der Waals surface area contributed by atoms with E-state index >= 15 is 0 Å². The van der Waals surface area contributed by atoms with E-state index in [-0.39, 0.29) is 12.7 Å². The zero-order chi connectivity index (χ0) is 18.8. The molecule has 0 aromatic carbocycles. The van der Waals surface area contributed by atoms with Crippen LogP contribution in [0.4, 0.5) is 0 Å². The molecule has 0 saturated heterocycles. The molecule has 0 aromatic rings. The van der Waals surface area contributed by atoms with Crippen LogP contribution in [0.2, 0.25) is 0 Å². The van der Waals surface area contributed by atoms with Crippen LogP contribution in [0, 0.1) is 0 Å². The third-order valence-corrected chi connectivity index (χ3v) is 2.58. The molecule has 23 heavy (non-hydrogen) atoms. The number of carbonyl (C=O) groups is 2. The Balaban J connectivity index is 0. The number of aliphatic hydroxyl groups is 6. The molecule has 0 aliphatic carbocycles. The molecule has 0 saturated carbocycles. The minimum absolute atomic E-state index is 0.0258. The lowest BCUT2D eigenvalue weighted by Gasteiger charge is -2.26. The van der Waals surface area contributed by atoms with Gasteiger partial charge in [-0.05, 0) is 0 Å². The molecule has 0 heterocycles. The van der Waals surface area contributed by atoms with Crippen molar-refractivity contribution in [1.82, 2.24) is 0 Å². The van der Waals surface area contributed by atoms with Gasteiger partial charge in [-0.15, -0.1) is 0 Å². The van der Waals surface area contributed by atoms with Crippen LogP contribution in [0.1, 0.15) is 6.42 Å². The van der Waals surface area contributed by atoms with Crippen LogP contribution in [0.25, 0.3) is 0 Å². The van der Waals surface area contributed by atoms with Crippen LogP contribution < -0.4 is 5.11 Å². The van der Waals surface area contributed by atoms with Crippen molar-refractivity contribution in [3.63, 3.8) is 0 Å². The lowest BCUT2D eigenvalue weighted by molar-refractivity contribution is -0.873. The molecule has 10 heteroatoms. The quantitative estimate of drug-likeness (QED) is 0.177. The fourth-order valence-electron chi connectivity index (χ4n) is 1.51. The predicted octanol–water partition coefficient (Wildman–Crippen LogP) is -5.19. The first-order valence-electron chi connectivity index (χ1n) is 6.82. The molecule has 10 nitrogen and oxygen atoms in total. The number of hydrogen-bond acceptors (Lipinski definition) is 9. The summed E-state index contributed by atoms with van der Waals surface area (Å²) in [7, 11) is 5.66. The first-order valence-corrected chi connectivity index (χ1v) is 6.82. The summed E-state index contributed by atoms with van der Waals surface area (Å²) >= 11 is 0. The van der Waals surface area contributed by atoms with Gasteiger partial charge in [0.25, 0.3) is 0 Å². The maximum Gasteiger partial charge on any atom is 0.151 e. The monoisotopic (exact) mass is 341 g/mol. The molecule has 6 N–H and O–H groups in total. The number of carboxylic acid groups (broad SMARTS) is 1. The highest BCUT2D eigenvalue weighted by Crippen LogP contribution is 2.03. The number of quaternary nitrogens is 1. The Morgan fingerprint density at radius 1 is 1.09 bits per heavy atom. The maximum absolute atomic E-state index is 10.0. The molecule has 0 spiro atoms. The largest absolute Gasteiger partial charge is 0.550 e. The molecule has 0 aliphatic rings. The Bertz CT molecular complexity index is 345. The summed E-state index contributed by atoms with van der Waals surface area (Å²) in [5, 5.41) is 62.7. The third kappa shape index (κ3) is 13.0. The summed E-state index contributed by atoms with van der Waals surface area (Å²) in [4.78, 5) is 19.9. The van der Waals surface area contributed by atoms with E-state index in [0.717, 1.165) is 0 Å². The van der Waals surface area contributed by atoms with Crippen molar-refractivity contribution in [1.29, 1.82) is 0 Å². The highest BCUT2D eigenvalue weighted by Gasteiger charge is 2.29. The van der Waals surface area contributed by atoms with Crippen molar-refractivity contribution in [2.75, 3.05) is 34.3 Å². The van der Waals surface area contributed by atoms with Gasteiger partial charge in [-0.25, -0.2) is 0 Å². The van der Waals surface area contributed by atoms with Crippen molar-refractivity contribution < 1.29 is 49.8 Å². The van der Waals surface area contributed by atoms with Crippen LogP contribution in [0.3, 0.4) is 0 Å². The maximum atomic E-state index is 10.0. The Kier molecular flexibility index (Phi) is 12.0. The lowest BCUT2D eigenvalue weighted by atomic mass is 10.0. The van der Waals surface area contributed by atoms with Gasteiger partial charge in [0.2, 0.25) is 0 Å². The number of rotatable bonds is 9. The van der Waals surface area contributed by atoms with Crippen LogP contribution in [-0.4, -0.2) is 112 Å². The summed E-state index contributed by atoms with van der Waals surface area (Å²) in [6, 6.07) is 0. The first-order chi connectivity index (χ1) is 10.4. The fraction of sp³-hybridized carbons (Fsp3) is 0.846. The smallest absolute Gasteiger partial charge is 0.151 e. The van der Waals surface area contributed by atoms with Gasteiger partial charge in [0, 0.05) is 12.4 Å². The molecule has 0 amide bonds. The second-order valence-electron chi connectivity index (χ2n) is 6.06. The van der Waals surface area contributed by atoms with Crippen molar-refractivity contribution in [3.05, 3.63) is 0 Å². The second-order valence-corrected chi connectivity index (χ2v) is 6.06. The number of hydrogen-bond donors (Lipinski definition) is 6. The van der Waals surface area contributed by atoms with E-state index in [2.05, 4.69) is 0 Å². The highest BCUT2D eigenvalue weighted by molar-refractivity contribution is 5.64. The Hall–Kier alpha value is -1.14. The molecular weight excluding hydrogens is 314 g/mol. The van der Waals surface area contributed by atoms with Crippen LogP contribution >= 0.6 is 0 Å². The Morgan fingerprint density at radius 3 is 1.87 bits per heavy atom. The average Bonchev–Trinajstić information content (AvgIpc) is 2.41. The van der Waals surface area contributed by atoms with Gasteiger partial charge in [-0.2, -0.15) is 0 Å². The van der Waals surface area contributed by atoms with Crippen LogP contribution in [0.5, 0.6) is 0 Å². The number of carboxylic acids is 1. The molecule has 138 valence electrons. The van der Waals surface area contributed by atoms with Gasteiger partial charge >= 0.3 is 0 Å². The van der Waals surface area contributed by atoms with Gasteiger partial charge in [0.15, 0.2) is 6.29 Å². The summed E-state index contributed by atoms with van der Waals surface area (Å²) in [5.41, 5.74) is 0. The molecule has 0 aliphatic heterocycles. The van der Waals surface area contributed by atoms with Crippen LogP contribution in [0.15, 0.2) is 0 Å².